The van der Waals surface area contributed by atoms with Crippen molar-refractivity contribution in [1.82, 2.24) is 4.90 Å². The van der Waals surface area contributed by atoms with E-state index < -0.39 is 0 Å². The molecule has 1 aliphatic heterocycles. The summed E-state index contributed by atoms with van der Waals surface area (Å²) in [6.07, 6.45) is 3.77. The lowest BCUT2D eigenvalue weighted by molar-refractivity contribution is 0.209. The number of nitrogens with two attached hydrogens (primary N) is 1. The van der Waals surface area contributed by atoms with Crippen LogP contribution in [0, 0.1) is 0 Å². The van der Waals surface area contributed by atoms with Gasteiger partial charge < -0.3 is 10.6 Å². The third-order valence-corrected chi connectivity index (χ3v) is 2.08. The Kier molecular flexibility index (Phi) is 5.92. The molecular weight excluding hydrogens is 160 g/mol. The molecule has 0 aromatic heterocycles. The zero-order valence-corrected chi connectivity index (χ0v) is 8.07. The van der Waals surface area contributed by atoms with Crippen LogP contribution in [0.2, 0.25) is 0 Å². The van der Waals surface area contributed by atoms with Gasteiger partial charge in [0.1, 0.15) is 0 Å². The number of likely N-dealkylation sites (tertiary alicyclic amines) is 1. The van der Waals surface area contributed by atoms with Gasteiger partial charge in [-0.15, -0.1) is 12.4 Å². The number of hydrogen-bond donors (Lipinski definition) is 1. The van der Waals surface area contributed by atoms with Crippen LogP contribution in [0.3, 0.4) is 0 Å². The number of nitrogens with zero attached hydrogens (tertiary/aromatic N) is 1. The van der Waals surface area contributed by atoms with Crippen LogP contribution in [0.5, 0.6) is 0 Å². The van der Waals surface area contributed by atoms with Gasteiger partial charge in [0, 0.05) is 12.6 Å². The lowest BCUT2D eigenvalue weighted by atomic mass is 10.1. The summed E-state index contributed by atoms with van der Waals surface area (Å²) in [5.41, 5.74) is 5.81. The molecule has 0 aromatic carbocycles. The van der Waals surface area contributed by atoms with Crippen LogP contribution in [0.4, 0.5) is 0 Å². The summed E-state index contributed by atoms with van der Waals surface area (Å²) in [6, 6.07) is 0.445. The zero-order chi connectivity index (χ0) is 7.40. The van der Waals surface area contributed by atoms with E-state index >= 15 is 0 Å². The van der Waals surface area contributed by atoms with E-state index in [-0.39, 0.29) is 12.4 Å². The molecule has 11 heavy (non-hydrogen) atoms. The van der Waals surface area contributed by atoms with Gasteiger partial charge in [-0.3, -0.25) is 0 Å². The monoisotopic (exact) mass is 178 g/mol. The second-order valence-electron chi connectivity index (χ2n) is 3.20. The molecular formula is C8H19ClN2. The van der Waals surface area contributed by atoms with E-state index in [1.54, 1.807) is 0 Å². The Labute approximate surface area is 75.5 Å². The highest BCUT2D eigenvalue weighted by Gasteiger charge is 2.14. The van der Waals surface area contributed by atoms with Crippen molar-refractivity contribution in [2.75, 3.05) is 19.6 Å². The van der Waals surface area contributed by atoms with Crippen LogP contribution in [0.1, 0.15) is 26.2 Å². The molecule has 0 aliphatic carbocycles. The van der Waals surface area contributed by atoms with Crippen molar-refractivity contribution in [3.05, 3.63) is 0 Å². The largest absolute Gasteiger partial charge is 0.327 e. The molecule has 0 radical (unpaired) electrons. The maximum atomic E-state index is 5.81. The number of piperidine rings is 1. The van der Waals surface area contributed by atoms with Gasteiger partial charge in [-0.2, -0.15) is 0 Å². The minimum atomic E-state index is 0. The molecule has 1 saturated heterocycles. The molecule has 0 aromatic rings. The van der Waals surface area contributed by atoms with Gasteiger partial charge in [-0.25, -0.2) is 0 Å². The topological polar surface area (TPSA) is 29.3 Å². The predicted molar refractivity (Wildman–Crippen MR) is 51.2 cm³/mol. The Morgan fingerprint density at radius 3 is 2.82 bits per heavy atom. The normalized spacial score (nSPS) is 26.2. The van der Waals surface area contributed by atoms with E-state index in [9.17, 15) is 0 Å². The summed E-state index contributed by atoms with van der Waals surface area (Å²) < 4.78 is 0. The minimum absolute atomic E-state index is 0. The lowest BCUT2D eigenvalue weighted by Crippen LogP contribution is -2.42. The SMILES string of the molecule is CCCN1CCCC(N)C1.Cl. The highest BCUT2D eigenvalue weighted by molar-refractivity contribution is 5.85. The fraction of sp³-hybridized carbons (Fsp3) is 1.00. The Balaban J connectivity index is 0.000001000. The van der Waals surface area contributed by atoms with Gasteiger partial charge in [0.2, 0.25) is 0 Å². The average molecular weight is 179 g/mol. The molecule has 0 amide bonds. The highest BCUT2D eigenvalue weighted by Crippen LogP contribution is 2.07. The Morgan fingerprint density at radius 2 is 2.27 bits per heavy atom. The van der Waals surface area contributed by atoms with E-state index in [0.29, 0.717) is 6.04 Å². The first-order valence-corrected chi connectivity index (χ1v) is 4.31. The summed E-state index contributed by atoms with van der Waals surface area (Å²) in [5, 5.41) is 0. The van der Waals surface area contributed by atoms with Gasteiger partial charge >= 0.3 is 0 Å². The van der Waals surface area contributed by atoms with Crippen molar-refractivity contribution in [3.63, 3.8) is 0 Å². The quantitative estimate of drug-likeness (QED) is 0.690. The minimum Gasteiger partial charge on any atom is -0.327 e. The van der Waals surface area contributed by atoms with E-state index in [1.807, 2.05) is 0 Å². The molecule has 68 valence electrons. The molecule has 3 heteroatoms. The predicted octanol–water partition coefficient (Wildman–Crippen LogP) is 1.24. The maximum absolute atomic E-state index is 5.81. The first kappa shape index (κ1) is 11.2. The Morgan fingerprint density at radius 1 is 1.55 bits per heavy atom. The van der Waals surface area contributed by atoms with Crippen LogP contribution in [0.15, 0.2) is 0 Å². The molecule has 1 rings (SSSR count). The molecule has 0 saturated carbocycles. The average Bonchev–Trinajstić information content (AvgIpc) is 1.88. The van der Waals surface area contributed by atoms with Crippen LogP contribution >= 0.6 is 12.4 Å². The van der Waals surface area contributed by atoms with Gasteiger partial charge in [-0.05, 0) is 32.4 Å². The van der Waals surface area contributed by atoms with Crippen LogP contribution in [-0.4, -0.2) is 30.6 Å². The van der Waals surface area contributed by atoms with Gasteiger partial charge in [0.25, 0.3) is 0 Å². The van der Waals surface area contributed by atoms with E-state index in [4.69, 9.17) is 5.73 Å². The summed E-state index contributed by atoms with van der Waals surface area (Å²) in [4.78, 5) is 2.47. The summed E-state index contributed by atoms with van der Waals surface area (Å²) in [7, 11) is 0. The number of halogens is 1. The summed E-state index contributed by atoms with van der Waals surface area (Å²) in [6.45, 7) is 5.84. The van der Waals surface area contributed by atoms with Crippen molar-refractivity contribution in [1.29, 1.82) is 0 Å². The molecule has 1 aliphatic rings. The lowest BCUT2D eigenvalue weighted by Gasteiger charge is -2.30. The van der Waals surface area contributed by atoms with E-state index in [1.165, 1.54) is 32.4 Å². The fourth-order valence-electron chi connectivity index (χ4n) is 1.61. The van der Waals surface area contributed by atoms with Crippen LogP contribution in [0.25, 0.3) is 0 Å². The van der Waals surface area contributed by atoms with Crippen LogP contribution < -0.4 is 5.73 Å². The van der Waals surface area contributed by atoms with Gasteiger partial charge in [0.05, 0.1) is 0 Å². The standard InChI is InChI=1S/C8H18N2.ClH/c1-2-5-10-6-3-4-8(9)7-10;/h8H,2-7,9H2,1H3;1H. The summed E-state index contributed by atoms with van der Waals surface area (Å²) in [5.74, 6) is 0. The van der Waals surface area contributed by atoms with Crippen LogP contribution in [-0.2, 0) is 0 Å². The molecule has 0 bridgehead atoms. The van der Waals surface area contributed by atoms with Crippen molar-refractivity contribution >= 4 is 12.4 Å². The Hall–Kier alpha value is 0.210. The molecule has 0 spiro atoms. The molecule has 2 nitrogen and oxygen atoms in total. The zero-order valence-electron chi connectivity index (χ0n) is 7.25. The number of rotatable bonds is 2. The summed E-state index contributed by atoms with van der Waals surface area (Å²) >= 11 is 0. The van der Waals surface area contributed by atoms with Crippen molar-refractivity contribution in [3.8, 4) is 0 Å². The molecule has 1 atom stereocenters. The van der Waals surface area contributed by atoms with Crippen molar-refractivity contribution < 1.29 is 0 Å². The molecule has 1 fully saturated rings. The molecule has 2 N–H and O–H groups in total. The highest BCUT2D eigenvalue weighted by atomic mass is 35.5. The molecule has 1 heterocycles. The van der Waals surface area contributed by atoms with Gasteiger partial charge in [0.15, 0.2) is 0 Å². The second kappa shape index (κ2) is 5.81. The van der Waals surface area contributed by atoms with E-state index in [0.717, 1.165) is 6.54 Å². The first-order chi connectivity index (χ1) is 4.83. The van der Waals surface area contributed by atoms with Crippen molar-refractivity contribution in [2.45, 2.75) is 32.2 Å². The van der Waals surface area contributed by atoms with Gasteiger partial charge in [-0.1, -0.05) is 6.92 Å². The smallest absolute Gasteiger partial charge is 0.0168 e. The Bertz CT molecular complexity index is 96.1. The number of hydrogen-bond acceptors (Lipinski definition) is 2. The third kappa shape index (κ3) is 3.94. The van der Waals surface area contributed by atoms with Crippen molar-refractivity contribution in [2.24, 2.45) is 5.73 Å². The first-order valence-electron chi connectivity index (χ1n) is 4.31. The van der Waals surface area contributed by atoms with E-state index in [2.05, 4.69) is 11.8 Å². The second-order valence-corrected chi connectivity index (χ2v) is 3.20. The third-order valence-electron chi connectivity index (χ3n) is 2.08. The molecule has 1 unspecified atom stereocenters. The fourth-order valence-corrected chi connectivity index (χ4v) is 1.61. The maximum Gasteiger partial charge on any atom is 0.0168 e.